The number of sulfone groups is 1. The molecule has 9 heteroatoms. The number of aromatic nitrogens is 2. The molecule has 0 bridgehead atoms. The summed E-state index contributed by atoms with van der Waals surface area (Å²) in [6, 6.07) is 1.42. The molecule has 0 aliphatic rings. The van der Waals surface area contributed by atoms with Crippen LogP contribution in [0.15, 0.2) is 26.2 Å². The average Bonchev–Trinajstić information content (AvgIpc) is 2.83. The van der Waals surface area contributed by atoms with E-state index in [0.717, 1.165) is 0 Å². The Morgan fingerprint density at radius 3 is 2.72 bits per heavy atom. The van der Waals surface area contributed by atoms with E-state index in [1.807, 2.05) is 0 Å². The van der Waals surface area contributed by atoms with Crippen molar-refractivity contribution in [3.05, 3.63) is 28.5 Å². The molecule has 0 unspecified atom stereocenters. The molecule has 18 heavy (non-hydrogen) atoms. The Kier molecular flexibility index (Phi) is 3.20. The minimum Gasteiger partial charge on any atom is -0.338 e. The van der Waals surface area contributed by atoms with Crippen molar-refractivity contribution in [3.8, 4) is 0 Å². The lowest BCUT2D eigenvalue weighted by molar-refractivity contribution is 0.00559. The van der Waals surface area contributed by atoms with Gasteiger partial charge < -0.3 is 4.52 Å². The molecule has 2 heterocycles. The highest BCUT2D eigenvalue weighted by Crippen LogP contribution is 2.25. The number of hydrogen-bond acceptors (Lipinski definition) is 6. The van der Waals surface area contributed by atoms with Crippen LogP contribution in [-0.2, 0) is 21.5 Å². The predicted octanol–water partition coefficient (Wildman–Crippen LogP) is 2.22. The minimum atomic E-state index is -3.63. The van der Waals surface area contributed by atoms with Gasteiger partial charge in [0.2, 0.25) is 11.7 Å². The van der Waals surface area contributed by atoms with E-state index in [-0.39, 0.29) is 10.8 Å². The number of rotatable bonds is 4. The molecule has 2 aromatic rings. The molecule has 0 radical (unpaired) electrons. The second kappa shape index (κ2) is 4.39. The van der Waals surface area contributed by atoms with Gasteiger partial charge in [-0.15, -0.1) is 0 Å². The van der Waals surface area contributed by atoms with E-state index < -0.39 is 27.3 Å². The summed E-state index contributed by atoms with van der Waals surface area (Å²) in [5.74, 6) is -5.02. The van der Waals surface area contributed by atoms with Gasteiger partial charge in [0.25, 0.3) is 0 Å². The van der Waals surface area contributed by atoms with Crippen LogP contribution in [0.25, 0.3) is 0 Å². The van der Waals surface area contributed by atoms with Crippen LogP contribution in [0.1, 0.15) is 18.6 Å². The molecule has 0 aliphatic carbocycles. The highest BCUT2D eigenvalue weighted by molar-refractivity contribution is 7.90. The van der Waals surface area contributed by atoms with Gasteiger partial charge in [-0.05, 0) is 11.4 Å². The zero-order valence-electron chi connectivity index (χ0n) is 9.13. The van der Waals surface area contributed by atoms with E-state index in [9.17, 15) is 17.2 Å². The van der Waals surface area contributed by atoms with Crippen molar-refractivity contribution in [2.24, 2.45) is 0 Å². The monoisotopic (exact) mass is 294 g/mol. The summed E-state index contributed by atoms with van der Waals surface area (Å²) in [4.78, 5) is 3.48. The van der Waals surface area contributed by atoms with Crippen LogP contribution < -0.4 is 0 Å². The fourth-order valence-corrected chi connectivity index (χ4v) is 3.41. The van der Waals surface area contributed by atoms with Crippen LogP contribution in [0.3, 0.4) is 0 Å². The number of nitrogens with zero attached hydrogens (tertiary/aromatic N) is 2. The fraction of sp³-hybridized carbons (Fsp3) is 0.333. The second-order valence-electron chi connectivity index (χ2n) is 3.62. The molecular weight excluding hydrogens is 286 g/mol. The molecule has 5 nitrogen and oxygen atoms in total. The lowest BCUT2D eigenvalue weighted by Crippen LogP contribution is -2.10. The van der Waals surface area contributed by atoms with E-state index in [1.54, 1.807) is 5.38 Å². The van der Waals surface area contributed by atoms with Crippen molar-refractivity contribution in [2.45, 2.75) is 23.5 Å². The molecule has 0 amide bonds. The number of thiophene rings is 1. The average molecular weight is 294 g/mol. The molecular formula is C9H8F2N2O3S2. The molecule has 98 valence electrons. The molecule has 2 rings (SSSR count). The molecule has 2 aromatic heterocycles. The van der Waals surface area contributed by atoms with E-state index >= 15 is 0 Å². The first-order chi connectivity index (χ1) is 8.29. The lowest BCUT2D eigenvalue weighted by Gasteiger charge is -2.01. The van der Waals surface area contributed by atoms with Gasteiger partial charge in [-0.25, -0.2) is 8.42 Å². The number of alkyl halides is 2. The maximum atomic E-state index is 12.8. The Morgan fingerprint density at radius 2 is 2.22 bits per heavy atom. The van der Waals surface area contributed by atoms with Crippen molar-refractivity contribution in [1.82, 2.24) is 10.1 Å². The SMILES string of the molecule is CC(F)(F)c1noc(CS(=O)(=O)c2ccsc2)n1. The number of halogens is 2. The van der Waals surface area contributed by atoms with Crippen LogP contribution >= 0.6 is 11.3 Å². The molecule has 0 saturated heterocycles. The van der Waals surface area contributed by atoms with E-state index in [1.165, 1.54) is 22.8 Å². The molecule has 0 aromatic carbocycles. The number of hydrogen-bond donors (Lipinski definition) is 0. The third kappa shape index (κ3) is 2.72. The standard InChI is InChI=1S/C9H8F2N2O3S2/c1-9(10,11)8-12-7(16-13-8)5-18(14,15)6-2-3-17-4-6/h2-4H,5H2,1H3. The van der Waals surface area contributed by atoms with Crippen LogP contribution in [0.2, 0.25) is 0 Å². The highest BCUT2D eigenvalue weighted by Gasteiger charge is 2.32. The van der Waals surface area contributed by atoms with Crippen LogP contribution in [-0.4, -0.2) is 18.6 Å². The maximum absolute atomic E-state index is 12.8. The van der Waals surface area contributed by atoms with Crippen molar-refractivity contribution < 1.29 is 21.7 Å². The topological polar surface area (TPSA) is 73.1 Å². The zero-order valence-corrected chi connectivity index (χ0v) is 10.8. The van der Waals surface area contributed by atoms with Gasteiger partial charge in [-0.1, -0.05) is 5.16 Å². The van der Waals surface area contributed by atoms with Gasteiger partial charge in [0.05, 0.1) is 4.90 Å². The highest BCUT2D eigenvalue weighted by atomic mass is 32.2. The summed E-state index contributed by atoms with van der Waals surface area (Å²) < 4.78 is 53.8. The van der Waals surface area contributed by atoms with E-state index in [2.05, 4.69) is 14.7 Å². The quantitative estimate of drug-likeness (QED) is 0.864. The Bertz CT molecular complexity index is 629. The second-order valence-corrected chi connectivity index (χ2v) is 6.39. The van der Waals surface area contributed by atoms with Crippen LogP contribution in [0.4, 0.5) is 8.78 Å². The third-order valence-corrected chi connectivity index (χ3v) is 4.46. The van der Waals surface area contributed by atoms with Crippen LogP contribution in [0, 0.1) is 0 Å². The first-order valence-electron chi connectivity index (χ1n) is 4.75. The van der Waals surface area contributed by atoms with E-state index in [0.29, 0.717) is 6.92 Å². The van der Waals surface area contributed by atoms with Gasteiger partial charge in [0, 0.05) is 12.3 Å². The third-order valence-electron chi connectivity index (χ3n) is 2.03. The zero-order chi connectivity index (χ0) is 13.4. The lowest BCUT2D eigenvalue weighted by atomic mass is 10.4. The Labute approximate surface area is 105 Å². The van der Waals surface area contributed by atoms with Gasteiger partial charge in [0.15, 0.2) is 9.84 Å². The molecule has 0 atom stereocenters. The summed E-state index contributed by atoms with van der Waals surface area (Å²) in [7, 11) is -3.63. The van der Waals surface area contributed by atoms with Crippen molar-refractivity contribution in [1.29, 1.82) is 0 Å². The summed E-state index contributed by atoms with van der Waals surface area (Å²) >= 11 is 1.22. The fourth-order valence-electron chi connectivity index (χ4n) is 1.17. The smallest absolute Gasteiger partial charge is 0.307 e. The Balaban J connectivity index is 2.23. The molecule has 0 saturated carbocycles. The predicted molar refractivity (Wildman–Crippen MR) is 59.1 cm³/mol. The maximum Gasteiger partial charge on any atom is 0.307 e. The first-order valence-corrected chi connectivity index (χ1v) is 7.34. The van der Waals surface area contributed by atoms with Crippen molar-refractivity contribution in [2.75, 3.05) is 0 Å². The Morgan fingerprint density at radius 1 is 1.50 bits per heavy atom. The molecule has 0 spiro atoms. The summed E-state index contributed by atoms with van der Waals surface area (Å²) in [6.45, 7) is 0.606. The van der Waals surface area contributed by atoms with Gasteiger partial charge >= 0.3 is 5.92 Å². The van der Waals surface area contributed by atoms with E-state index in [4.69, 9.17) is 0 Å². The summed E-state index contributed by atoms with van der Waals surface area (Å²) in [5.41, 5.74) is 0. The molecule has 0 N–H and O–H groups in total. The Hall–Kier alpha value is -1.35. The minimum absolute atomic E-state index is 0.107. The molecule has 0 aliphatic heterocycles. The van der Waals surface area contributed by atoms with Crippen LogP contribution in [0.5, 0.6) is 0 Å². The normalized spacial score (nSPS) is 12.8. The van der Waals surface area contributed by atoms with Crippen molar-refractivity contribution in [3.63, 3.8) is 0 Å². The van der Waals surface area contributed by atoms with Gasteiger partial charge in [-0.2, -0.15) is 25.1 Å². The van der Waals surface area contributed by atoms with Gasteiger partial charge in [0.1, 0.15) is 5.75 Å². The largest absolute Gasteiger partial charge is 0.338 e. The molecule has 0 fully saturated rings. The van der Waals surface area contributed by atoms with Crippen molar-refractivity contribution >= 4 is 21.2 Å². The summed E-state index contributed by atoms with van der Waals surface area (Å²) in [6.07, 6.45) is 0. The van der Waals surface area contributed by atoms with Gasteiger partial charge in [-0.3, -0.25) is 0 Å². The first kappa shape index (κ1) is 13.1. The summed E-state index contributed by atoms with van der Waals surface area (Å²) in [5, 5.41) is 6.10.